The van der Waals surface area contributed by atoms with Gasteiger partial charge in [-0.05, 0) is 0 Å². The number of aliphatic hydroxyl groups excluding tert-OH is 1. The standard InChI is InChI=1S/C7H9NO4S/c1-2-6(10)13(12)4-3-5(9)8-7(4)11/h2,4,6,10H,1,3H2,(H,8,9,11). The Kier molecular flexibility index (Phi) is 2.94. The molecule has 5 nitrogen and oxygen atoms in total. The fourth-order valence-electron chi connectivity index (χ4n) is 0.981. The molecule has 72 valence electrons. The average Bonchev–Trinajstić information content (AvgIpc) is 2.42. The molecular weight excluding hydrogens is 194 g/mol. The summed E-state index contributed by atoms with van der Waals surface area (Å²) in [6, 6.07) is 0. The van der Waals surface area contributed by atoms with E-state index in [0.717, 1.165) is 6.08 Å². The molecule has 0 aromatic carbocycles. The van der Waals surface area contributed by atoms with Crippen LogP contribution >= 0.6 is 0 Å². The van der Waals surface area contributed by atoms with Gasteiger partial charge in [-0.2, -0.15) is 0 Å². The molecule has 1 saturated heterocycles. The third kappa shape index (κ3) is 2.02. The molecule has 3 unspecified atom stereocenters. The van der Waals surface area contributed by atoms with Gasteiger partial charge in [0, 0.05) is 0 Å². The molecule has 0 bridgehead atoms. The first-order valence-electron chi connectivity index (χ1n) is 3.60. The summed E-state index contributed by atoms with van der Waals surface area (Å²) >= 11 is 0. The van der Waals surface area contributed by atoms with Gasteiger partial charge in [-0.1, -0.05) is 12.7 Å². The molecule has 1 heterocycles. The lowest BCUT2D eigenvalue weighted by molar-refractivity contribution is -0.124. The van der Waals surface area contributed by atoms with Crippen LogP contribution in [0.15, 0.2) is 12.7 Å². The van der Waals surface area contributed by atoms with Gasteiger partial charge in [-0.3, -0.25) is 19.1 Å². The molecule has 0 aromatic heterocycles. The van der Waals surface area contributed by atoms with Crippen molar-refractivity contribution in [2.45, 2.75) is 17.1 Å². The largest absolute Gasteiger partial charge is 0.376 e. The normalized spacial score (nSPS) is 26.7. The van der Waals surface area contributed by atoms with E-state index in [4.69, 9.17) is 5.11 Å². The first-order chi connectivity index (χ1) is 6.06. The Bertz CT molecular complexity index is 288. The highest BCUT2D eigenvalue weighted by Crippen LogP contribution is 2.12. The summed E-state index contributed by atoms with van der Waals surface area (Å²) in [5, 5.41) is 10.1. The van der Waals surface area contributed by atoms with Gasteiger partial charge in [0.15, 0.2) is 0 Å². The molecule has 2 N–H and O–H groups in total. The number of rotatable bonds is 3. The van der Waals surface area contributed by atoms with Crippen molar-refractivity contribution in [1.29, 1.82) is 0 Å². The number of carbonyl (C=O) groups excluding carboxylic acids is 2. The first kappa shape index (κ1) is 10.1. The van der Waals surface area contributed by atoms with E-state index in [9.17, 15) is 13.8 Å². The number of nitrogens with one attached hydrogen (secondary N) is 1. The molecule has 0 radical (unpaired) electrons. The topological polar surface area (TPSA) is 83.5 Å². The Morgan fingerprint density at radius 3 is 2.69 bits per heavy atom. The second-order valence-corrected chi connectivity index (χ2v) is 4.27. The zero-order valence-electron chi connectivity index (χ0n) is 6.73. The molecule has 1 rings (SSSR count). The molecule has 0 spiro atoms. The van der Waals surface area contributed by atoms with Crippen LogP contribution in [0.2, 0.25) is 0 Å². The highest BCUT2D eigenvalue weighted by atomic mass is 32.2. The lowest BCUT2D eigenvalue weighted by Gasteiger charge is -2.08. The summed E-state index contributed by atoms with van der Waals surface area (Å²) in [4.78, 5) is 21.7. The Balaban J connectivity index is 2.73. The predicted octanol–water partition coefficient (Wildman–Crippen LogP) is -1.35. The van der Waals surface area contributed by atoms with Gasteiger partial charge in [0.05, 0.1) is 17.2 Å². The van der Waals surface area contributed by atoms with Gasteiger partial charge in [0.2, 0.25) is 11.8 Å². The average molecular weight is 203 g/mol. The summed E-state index contributed by atoms with van der Waals surface area (Å²) in [5.74, 6) is -1.05. The number of aliphatic hydroxyl groups is 1. The van der Waals surface area contributed by atoms with E-state index in [1.807, 2.05) is 5.32 Å². The predicted molar refractivity (Wildman–Crippen MR) is 45.9 cm³/mol. The molecule has 0 saturated carbocycles. The van der Waals surface area contributed by atoms with Gasteiger partial charge in [0.1, 0.15) is 10.7 Å². The van der Waals surface area contributed by atoms with Crippen LogP contribution in [0.1, 0.15) is 6.42 Å². The van der Waals surface area contributed by atoms with Gasteiger partial charge in [0.25, 0.3) is 0 Å². The van der Waals surface area contributed by atoms with Gasteiger partial charge in [-0.15, -0.1) is 0 Å². The van der Waals surface area contributed by atoms with E-state index >= 15 is 0 Å². The molecule has 0 aliphatic carbocycles. The van der Waals surface area contributed by atoms with Crippen LogP contribution in [-0.4, -0.2) is 31.8 Å². The maximum Gasteiger partial charge on any atom is 0.242 e. The van der Waals surface area contributed by atoms with Gasteiger partial charge >= 0.3 is 0 Å². The van der Waals surface area contributed by atoms with Gasteiger partial charge < -0.3 is 5.11 Å². The molecular formula is C7H9NO4S. The van der Waals surface area contributed by atoms with Crippen molar-refractivity contribution >= 4 is 22.6 Å². The molecule has 1 aliphatic rings. The number of hydrogen-bond donors (Lipinski definition) is 2. The van der Waals surface area contributed by atoms with Gasteiger partial charge in [-0.25, -0.2) is 0 Å². The highest BCUT2D eigenvalue weighted by molar-refractivity contribution is 7.87. The lowest BCUT2D eigenvalue weighted by atomic mass is 10.4. The van der Waals surface area contributed by atoms with E-state index in [2.05, 4.69) is 6.58 Å². The molecule has 1 fully saturated rings. The fraction of sp³-hybridized carbons (Fsp3) is 0.429. The fourth-order valence-corrected chi connectivity index (χ4v) is 2.09. The van der Waals surface area contributed by atoms with E-state index in [1.54, 1.807) is 0 Å². The Morgan fingerprint density at radius 2 is 2.31 bits per heavy atom. The van der Waals surface area contributed by atoms with Crippen molar-refractivity contribution in [3.05, 3.63) is 12.7 Å². The summed E-state index contributed by atoms with van der Waals surface area (Å²) in [5.41, 5.74) is -1.26. The number of hydrogen-bond acceptors (Lipinski definition) is 4. The van der Waals surface area contributed by atoms with E-state index in [0.29, 0.717) is 0 Å². The van der Waals surface area contributed by atoms with E-state index < -0.39 is 33.3 Å². The monoisotopic (exact) mass is 203 g/mol. The second-order valence-electron chi connectivity index (χ2n) is 2.56. The van der Waals surface area contributed by atoms with Crippen molar-refractivity contribution in [3.63, 3.8) is 0 Å². The van der Waals surface area contributed by atoms with Crippen molar-refractivity contribution in [1.82, 2.24) is 5.32 Å². The lowest BCUT2D eigenvalue weighted by Crippen LogP contribution is -2.31. The maximum atomic E-state index is 11.3. The Morgan fingerprint density at radius 1 is 1.69 bits per heavy atom. The summed E-state index contributed by atoms with van der Waals surface area (Å²) in [7, 11) is -1.79. The third-order valence-corrected chi connectivity index (χ3v) is 3.26. The van der Waals surface area contributed by atoms with E-state index in [1.165, 1.54) is 0 Å². The zero-order chi connectivity index (χ0) is 10.0. The number of carbonyl (C=O) groups is 2. The van der Waals surface area contributed by atoms with Crippen LogP contribution in [0.25, 0.3) is 0 Å². The number of amides is 2. The molecule has 6 heteroatoms. The minimum Gasteiger partial charge on any atom is -0.376 e. The minimum atomic E-state index is -1.79. The van der Waals surface area contributed by atoms with Crippen LogP contribution in [0.3, 0.4) is 0 Å². The van der Waals surface area contributed by atoms with Crippen LogP contribution < -0.4 is 5.32 Å². The van der Waals surface area contributed by atoms with Crippen molar-refractivity contribution in [2.75, 3.05) is 0 Å². The van der Waals surface area contributed by atoms with Crippen molar-refractivity contribution in [2.24, 2.45) is 0 Å². The van der Waals surface area contributed by atoms with Crippen molar-refractivity contribution < 1.29 is 18.9 Å². The molecule has 1 aliphatic heterocycles. The third-order valence-electron chi connectivity index (χ3n) is 1.65. The summed E-state index contributed by atoms with van der Waals surface area (Å²) in [6.45, 7) is 3.24. The number of imide groups is 1. The quantitative estimate of drug-likeness (QED) is 0.439. The zero-order valence-corrected chi connectivity index (χ0v) is 7.54. The minimum absolute atomic E-state index is 0.129. The van der Waals surface area contributed by atoms with E-state index in [-0.39, 0.29) is 6.42 Å². The smallest absolute Gasteiger partial charge is 0.242 e. The molecule has 0 aromatic rings. The van der Waals surface area contributed by atoms with Crippen LogP contribution in [0, 0.1) is 0 Å². The second kappa shape index (κ2) is 3.80. The van der Waals surface area contributed by atoms with Crippen LogP contribution in [-0.2, 0) is 20.4 Å². The maximum absolute atomic E-state index is 11.3. The Hall–Kier alpha value is -1.01. The van der Waals surface area contributed by atoms with Crippen LogP contribution in [0.5, 0.6) is 0 Å². The first-order valence-corrected chi connectivity index (χ1v) is 4.87. The summed E-state index contributed by atoms with van der Waals surface area (Å²) in [6.07, 6.45) is 0.947. The summed E-state index contributed by atoms with van der Waals surface area (Å²) < 4.78 is 11.3. The SMILES string of the molecule is C=CC(O)S(=O)C1CC(=O)NC1=O. The molecule has 3 atom stereocenters. The molecule has 2 amide bonds. The molecule has 13 heavy (non-hydrogen) atoms. The van der Waals surface area contributed by atoms with Crippen LogP contribution in [0.4, 0.5) is 0 Å². The van der Waals surface area contributed by atoms with Crippen molar-refractivity contribution in [3.8, 4) is 0 Å². The highest BCUT2D eigenvalue weighted by Gasteiger charge is 2.37. The Labute approximate surface area is 77.3 Å².